The summed E-state index contributed by atoms with van der Waals surface area (Å²) in [5.41, 5.74) is 0.257. The first kappa shape index (κ1) is 15.6. The van der Waals surface area contributed by atoms with Gasteiger partial charge in [0.25, 0.3) is 0 Å². The van der Waals surface area contributed by atoms with Gasteiger partial charge < -0.3 is 8.83 Å². The minimum absolute atomic E-state index is 0.0847. The zero-order valence-corrected chi connectivity index (χ0v) is 13.7. The van der Waals surface area contributed by atoms with E-state index in [9.17, 15) is 0 Å². The maximum atomic E-state index is 8.85. The van der Waals surface area contributed by atoms with Gasteiger partial charge in [0.15, 0.2) is 32.8 Å². The van der Waals surface area contributed by atoms with E-state index in [1.54, 1.807) is 24.3 Å². The Bertz CT molecular complexity index is 1020. The molecule has 0 amide bonds. The normalized spacial score (nSPS) is 10.8. The lowest BCUT2D eigenvalue weighted by Gasteiger charge is -1.81. The predicted octanol–water partition coefficient (Wildman–Crippen LogP) is 2.08. The van der Waals surface area contributed by atoms with E-state index in [2.05, 4.69) is 31.9 Å². The van der Waals surface area contributed by atoms with E-state index in [0.29, 0.717) is 8.95 Å². The SMILES string of the molecule is N#CC(C#N)=c1cc(Br)/c(=c2/oc(=C(C#N)C#N)cc2Br)o1. The number of hydrogen-bond acceptors (Lipinski definition) is 6. The summed E-state index contributed by atoms with van der Waals surface area (Å²) < 4.78 is 11.8. The summed E-state index contributed by atoms with van der Waals surface area (Å²) in [7, 11) is 0. The van der Waals surface area contributed by atoms with E-state index in [0.717, 1.165) is 0 Å². The molecule has 0 fully saturated rings. The second-order valence-electron chi connectivity index (χ2n) is 3.77. The highest BCUT2D eigenvalue weighted by Crippen LogP contribution is 2.17. The van der Waals surface area contributed by atoms with E-state index in [1.807, 2.05) is 0 Å². The van der Waals surface area contributed by atoms with Gasteiger partial charge in [-0.05, 0) is 31.9 Å². The molecule has 104 valence electrons. The molecule has 0 aliphatic heterocycles. The molecule has 0 N–H and O–H groups in total. The van der Waals surface area contributed by atoms with Crippen molar-refractivity contribution in [2.75, 3.05) is 0 Å². The van der Waals surface area contributed by atoms with Crippen LogP contribution in [0.5, 0.6) is 0 Å². The second-order valence-corrected chi connectivity index (χ2v) is 5.48. The molecule has 0 aliphatic rings. The average Bonchev–Trinajstić information content (AvgIpc) is 3.05. The van der Waals surface area contributed by atoms with Crippen molar-refractivity contribution in [3.05, 3.63) is 42.7 Å². The summed E-state index contributed by atoms with van der Waals surface area (Å²) in [5.74, 6) is 0. The molecule has 2 rings (SSSR count). The highest BCUT2D eigenvalue weighted by molar-refractivity contribution is 9.10. The van der Waals surface area contributed by atoms with Gasteiger partial charge in [0.1, 0.15) is 24.3 Å². The number of halogens is 2. The average molecular weight is 418 g/mol. The van der Waals surface area contributed by atoms with Crippen LogP contribution in [0.4, 0.5) is 0 Å². The van der Waals surface area contributed by atoms with E-state index < -0.39 is 0 Å². The number of furan rings is 2. The molecule has 22 heavy (non-hydrogen) atoms. The molecule has 2 aromatic rings. The standard InChI is InChI=1S/C14H2Br2N4O2/c15-9-1-11(7(3-17)4-18)21-13(9)14-10(16)2-12(22-14)8(5-19)6-20/h1-2H/b14-13-. The number of hydrogen-bond donors (Lipinski definition) is 0. The largest absolute Gasteiger partial charge is 0.450 e. The first-order valence-electron chi connectivity index (χ1n) is 5.49. The van der Waals surface area contributed by atoms with E-state index in [1.165, 1.54) is 12.1 Å². The lowest BCUT2D eigenvalue weighted by atomic mass is 10.3. The van der Waals surface area contributed by atoms with Crippen molar-refractivity contribution in [1.82, 2.24) is 0 Å². The van der Waals surface area contributed by atoms with Crippen LogP contribution in [0.2, 0.25) is 0 Å². The molecule has 0 radical (unpaired) electrons. The summed E-state index contributed by atoms with van der Waals surface area (Å²) in [4.78, 5) is 0. The van der Waals surface area contributed by atoms with Gasteiger partial charge in [0.2, 0.25) is 0 Å². The Morgan fingerprint density at radius 3 is 1.32 bits per heavy atom. The maximum absolute atomic E-state index is 8.85. The molecule has 8 heteroatoms. The minimum Gasteiger partial charge on any atom is -0.450 e. The highest BCUT2D eigenvalue weighted by atomic mass is 79.9. The van der Waals surface area contributed by atoms with Crippen LogP contribution >= 0.6 is 31.9 Å². The smallest absolute Gasteiger partial charge is 0.185 e. The Kier molecular flexibility index (Phi) is 4.49. The molecule has 0 saturated heterocycles. The molecule has 0 aliphatic carbocycles. The van der Waals surface area contributed by atoms with E-state index in [4.69, 9.17) is 29.9 Å². The van der Waals surface area contributed by atoms with Crippen LogP contribution in [0.25, 0.3) is 11.1 Å². The number of nitriles is 4. The van der Waals surface area contributed by atoms with Gasteiger partial charge in [-0.15, -0.1) is 0 Å². The molecule has 0 saturated carbocycles. The monoisotopic (exact) mass is 416 g/mol. The van der Waals surface area contributed by atoms with Crippen molar-refractivity contribution in [3.63, 3.8) is 0 Å². The van der Waals surface area contributed by atoms with E-state index >= 15 is 0 Å². The van der Waals surface area contributed by atoms with Crippen LogP contribution in [0.3, 0.4) is 0 Å². The van der Waals surface area contributed by atoms with Gasteiger partial charge in [-0.2, -0.15) is 21.0 Å². The third kappa shape index (κ3) is 2.67. The van der Waals surface area contributed by atoms with Gasteiger partial charge in [0.05, 0.1) is 8.95 Å². The third-order valence-electron chi connectivity index (χ3n) is 2.52. The Balaban J connectivity index is 3.05. The van der Waals surface area contributed by atoms with Crippen molar-refractivity contribution < 1.29 is 8.83 Å². The Labute approximate surface area is 140 Å². The van der Waals surface area contributed by atoms with Crippen LogP contribution in [-0.2, 0) is 0 Å². The molecule has 0 atom stereocenters. The first-order valence-corrected chi connectivity index (χ1v) is 7.08. The van der Waals surface area contributed by atoms with Gasteiger partial charge in [0, 0.05) is 12.1 Å². The van der Waals surface area contributed by atoms with Crippen molar-refractivity contribution in [2.24, 2.45) is 0 Å². The van der Waals surface area contributed by atoms with Crippen molar-refractivity contribution in [1.29, 1.82) is 21.0 Å². The molecule has 2 aromatic heterocycles. The molecule has 0 bridgehead atoms. The third-order valence-corrected chi connectivity index (χ3v) is 3.70. The van der Waals surface area contributed by atoms with E-state index in [-0.39, 0.29) is 32.8 Å². The Morgan fingerprint density at radius 2 is 1.05 bits per heavy atom. The van der Waals surface area contributed by atoms with Crippen molar-refractivity contribution >= 4 is 43.0 Å². The fourth-order valence-electron chi connectivity index (χ4n) is 1.56. The quantitative estimate of drug-likeness (QED) is 0.646. The van der Waals surface area contributed by atoms with Gasteiger partial charge in [-0.25, -0.2) is 0 Å². The highest BCUT2D eigenvalue weighted by Gasteiger charge is 2.09. The number of rotatable bonds is 0. The van der Waals surface area contributed by atoms with Crippen molar-refractivity contribution in [2.45, 2.75) is 0 Å². The predicted molar refractivity (Wildman–Crippen MR) is 79.0 cm³/mol. The van der Waals surface area contributed by atoms with Crippen LogP contribution in [-0.4, -0.2) is 0 Å². The zero-order chi connectivity index (χ0) is 16.3. The molecule has 0 spiro atoms. The molecule has 0 unspecified atom stereocenters. The van der Waals surface area contributed by atoms with Gasteiger partial charge in [-0.3, -0.25) is 0 Å². The first-order chi connectivity index (χ1) is 10.5. The van der Waals surface area contributed by atoms with Crippen LogP contribution < -0.4 is 10.8 Å². The summed E-state index contributed by atoms with van der Waals surface area (Å²) >= 11 is 6.50. The van der Waals surface area contributed by atoms with Crippen LogP contribution in [0, 0.1) is 56.2 Å². The summed E-state index contributed by atoms with van der Waals surface area (Å²) in [6, 6.07) is 9.83. The van der Waals surface area contributed by atoms with Gasteiger partial charge in [-0.1, -0.05) is 0 Å². The molecular formula is C14H2Br2N4O2. The van der Waals surface area contributed by atoms with Gasteiger partial charge >= 0.3 is 0 Å². The molecular weight excluding hydrogens is 416 g/mol. The fourth-order valence-corrected chi connectivity index (χ4v) is 2.50. The lowest BCUT2D eigenvalue weighted by Crippen LogP contribution is -1.98. The Morgan fingerprint density at radius 1 is 0.727 bits per heavy atom. The number of nitrogens with zero attached hydrogens (tertiary/aromatic N) is 4. The second kappa shape index (κ2) is 6.33. The summed E-state index contributed by atoms with van der Waals surface area (Å²) in [5, 5.41) is 35.4. The maximum Gasteiger partial charge on any atom is 0.185 e. The molecule has 6 nitrogen and oxygen atoms in total. The fraction of sp³-hybridized carbons (Fsp3) is 0. The molecule has 0 aromatic carbocycles. The summed E-state index contributed by atoms with van der Waals surface area (Å²) in [6.07, 6.45) is 0. The Hall–Kier alpha value is -2.78. The van der Waals surface area contributed by atoms with Crippen LogP contribution in [0.1, 0.15) is 0 Å². The zero-order valence-electron chi connectivity index (χ0n) is 10.5. The topological polar surface area (TPSA) is 121 Å². The summed E-state index contributed by atoms with van der Waals surface area (Å²) in [6.45, 7) is 0. The van der Waals surface area contributed by atoms with Crippen LogP contribution in [0.15, 0.2) is 29.9 Å². The molecule has 2 heterocycles. The lowest BCUT2D eigenvalue weighted by molar-refractivity contribution is 0.445. The van der Waals surface area contributed by atoms with Crippen molar-refractivity contribution in [3.8, 4) is 24.3 Å². The minimum atomic E-state index is -0.184.